The molecule has 0 saturated carbocycles. The van der Waals surface area contributed by atoms with Gasteiger partial charge >= 0.3 is 0 Å². The van der Waals surface area contributed by atoms with Gasteiger partial charge < -0.3 is 20.1 Å². The van der Waals surface area contributed by atoms with Gasteiger partial charge in [-0.25, -0.2) is 8.42 Å². The van der Waals surface area contributed by atoms with Crippen LogP contribution in [0.2, 0.25) is 0 Å². The molecule has 1 heterocycles. The van der Waals surface area contributed by atoms with Crippen molar-refractivity contribution in [2.45, 2.75) is 37.9 Å². The molecule has 0 spiro atoms. The van der Waals surface area contributed by atoms with Gasteiger partial charge in [0, 0.05) is 24.3 Å². The van der Waals surface area contributed by atoms with E-state index in [-0.39, 0.29) is 42.3 Å². The van der Waals surface area contributed by atoms with E-state index in [2.05, 4.69) is 10.6 Å². The molecule has 2 amide bonds. The quantitative estimate of drug-likeness (QED) is 0.605. The van der Waals surface area contributed by atoms with Gasteiger partial charge in [0.1, 0.15) is 5.75 Å². The highest BCUT2D eigenvalue weighted by Gasteiger charge is 2.32. The molecule has 1 saturated heterocycles. The Hall–Kier alpha value is -2.95. The highest BCUT2D eigenvalue weighted by atomic mass is 32.2. The molecule has 0 aliphatic carbocycles. The predicted octanol–water partition coefficient (Wildman–Crippen LogP) is 2.25. The number of rotatable bonds is 8. The Labute approximate surface area is 194 Å². The fraction of sp³-hybridized carbons (Fsp3) is 0.391. The zero-order chi connectivity index (χ0) is 24.0. The standard InChI is InChI=1S/C23H29N3O6S/c1-4-31-20-10-8-19(9-11-20)25-22(27)13-24-23(28)18-6-5-7-21(12-18)33(29,30)26-14-16(2)32-17(3)15-26/h5-12,16-17H,4,13-15H2,1-3H3,(H,24,28)(H,25,27). The van der Waals surface area contributed by atoms with Gasteiger partial charge in [-0.15, -0.1) is 0 Å². The number of ether oxygens (including phenoxy) is 2. The van der Waals surface area contributed by atoms with E-state index in [4.69, 9.17) is 9.47 Å². The number of nitrogens with zero attached hydrogens (tertiary/aromatic N) is 1. The van der Waals surface area contributed by atoms with Crippen molar-refractivity contribution in [3.63, 3.8) is 0 Å². The lowest BCUT2D eigenvalue weighted by Gasteiger charge is -2.34. The first-order valence-corrected chi connectivity index (χ1v) is 12.2. The molecular formula is C23H29N3O6S. The normalized spacial score (nSPS) is 19.0. The Morgan fingerprint density at radius 2 is 1.76 bits per heavy atom. The molecular weight excluding hydrogens is 446 g/mol. The van der Waals surface area contributed by atoms with E-state index in [1.807, 2.05) is 20.8 Å². The lowest BCUT2D eigenvalue weighted by atomic mass is 10.2. The van der Waals surface area contributed by atoms with Crippen molar-refractivity contribution >= 4 is 27.5 Å². The minimum Gasteiger partial charge on any atom is -0.494 e. The van der Waals surface area contributed by atoms with Crippen LogP contribution in [-0.2, 0) is 19.6 Å². The summed E-state index contributed by atoms with van der Waals surface area (Å²) in [5.41, 5.74) is 0.721. The number of nitrogens with one attached hydrogen (secondary N) is 2. The molecule has 2 atom stereocenters. The van der Waals surface area contributed by atoms with Gasteiger partial charge in [0.2, 0.25) is 15.9 Å². The van der Waals surface area contributed by atoms with Gasteiger partial charge in [-0.1, -0.05) is 6.07 Å². The Bertz CT molecular complexity index is 1080. The number of hydrogen-bond donors (Lipinski definition) is 2. The number of anilines is 1. The van der Waals surface area contributed by atoms with Crippen LogP contribution >= 0.6 is 0 Å². The number of hydrogen-bond acceptors (Lipinski definition) is 6. The first kappa shape index (κ1) is 24.7. The molecule has 1 fully saturated rings. The largest absolute Gasteiger partial charge is 0.494 e. The molecule has 178 valence electrons. The minimum atomic E-state index is -3.78. The van der Waals surface area contributed by atoms with Crippen LogP contribution in [0.25, 0.3) is 0 Å². The van der Waals surface area contributed by atoms with Gasteiger partial charge in [0.15, 0.2) is 0 Å². The Morgan fingerprint density at radius 3 is 2.39 bits per heavy atom. The molecule has 2 N–H and O–H groups in total. The van der Waals surface area contributed by atoms with Crippen molar-refractivity contribution in [1.29, 1.82) is 0 Å². The highest BCUT2D eigenvalue weighted by Crippen LogP contribution is 2.22. The fourth-order valence-electron chi connectivity index (χ4n) is 3.54. The summed E-state index contributed by atoms with van der Waals surface area (Å²) in [7, 11) is -3.78. The van der Waals surface area contributed by atoms with E-state index in [9.17, 15) is 18.0 Å². The van der Waals surface area contributed by atoms with Crippen molar-refractivity contribution in [2.24, 2.45) is 0 Å². The molecule has 0 aromatic heterocycles. The SMILES string of the molecule is CCOc1ccc(NC(=O)CNC(=O)c2cccc(S(=O)(=O)N3CC(C)OC(C)C3)c2)cc1. The summed E-state index contributed by atoms with van der Waals surface area (Å²) in [5.74, 6) is -0.259. The van der Waals surface area contributed by atoms with Gasteiger partial charge in [-0.05, 0) is 63.2 Å². The van der Waals surface area contributed by atoms with Crippen LogP contribution in [0.3, 0.4) is 0 Å². The summed E-state index contributed by atoms with van der Waals surface area (Å²) in [6.07, 6.45) is -0.437. The average molecular weight is 476 g/mol. The lowest BCUT2D eigenvalue weighted by Crippen LogP contribution is -2.48. The second-order valence-electron chi connectivity index (χ2n) is 7.80. The Kier molecular flexibility index (Phi) is 8.06. The molecule has 1 aliphatic heterocycles. The first-order valence-electron chi connectivity index (χ1n) is 10.8. The third-order valence-electron chi connectivity index (χ3n) is 4.98. The van der Waals surface area contributed by atoms with Crippen LogP contribution in [-0.4, -0.2) is 63.0 Å². The summed E-state index contributed by atoms with van der Waals surface area (Å²) in [5, 5.41) is 5.20. The van der Waals surface area contributed by atoms with Crippen LogP contribution in [0, 0.1) is 0 Å². The van der Waals surface area contributed by atoms with Crippen molar-refractivity contribution in [1.82, 2.24) is 9.62 Å². The van der Waals surface area contributed by atoms with Crippen molar-refractivity contribution in [2.75, 3.05) is 31.6 Å². The zero-order valence-electron chi connectivity index (χ0n) is 18.9. The van der Waals surface area contributed by atoms with E-state index < -0.39 is 21.8 Å². The number of morpholine rings is 1. The minimum absolute atomic E-state index is 0.0234. The lowest BCUT2D eigenvalue weighted by molar-refractivity contribution is -0.115. The maximum Gasteiger partial charge on any atom is 0.251 e. The van der Waals surface area contributed by atoms with Crippen molar-refractivity contribution in [3.05, 3.63) is 54.1 Å². The van der Waals surface area contributed by atoms with Gasteiger partial charge in [0.25, 0.3) is 5.91 Å². The third kappa shape index (κ3) is 6.53. The maximum atomic E-state index is 13.1. The monoisotopic (exact) mass is 475 g/mol. The summed E-state index contributed by atoms with van der Waals surface area (Å²) >= 11 is 0. The molecule has 2 unspecified atom stereocenters. The van der Waals surface area contributed by atoms with Crippen LogP contribution in [0.1, 0.15) is 31.1 Å². The second kappa shape index (κ2) is 10.8. The van der Waals surface area contributed by atoms with Crippen LogP contribution in [0.5, 0.6) is 5.75 Å². The summed E-state index contributed by atoms with van der Waals surface area (Å²) in [6.45, 7) is 6.30. The number of carbonyl (C=O) groups excluding carboxylic acids is 2. The summed E-state index contributed by atoms with van der Waals surface area (Å²) in [6, 6.07) is 12.7. The summed E-state index contributed by atoms with van der Waals surface area (Å²) in [4.78, 5) is 24.7. The van der Waals surface area contributed by atoms with Gasteiger partial charge in [0.05, 0.1) is 30.3 Å². The van der Waals surface area contributed by atoms with Crippen LogP contribution in [0.4, 0.5) is 5.69 Å². The number of sulfonamides is 1. The van der Waals surface area contributed by atoms with Crippen LogP contribution in [0.15, 0.2) is 53.4 Å². The van der Waals surface area contributed by atoms with E-state index in [0.29, 0.717) is 18.0 Å². The third-order valence-corrected chi connectivity index (χ3v) is 6.81. The molecule has 3 rings (SSSR count). The summed E-state index contributed by atoms with van der Waals surface area (Å²) < 4.78 is 38.4. The zero-order valence-corrected chi connectivity index (χ0v) is 19.7. The first-order chi connectivity index (χ1) is 15.7. The number of benzene rings is 2. The molecule has 1 aliphatic rings. The van der Waals surface area contributed by atoms with E-state index in [1.54, 1.807) is 24.3 Å². The average Bonchev–Trinajstić information content (AvgIpc) is 2.78. The smallest absolute Gasteiger partial charge is 0.251 e. The molecule has 2 aromatic rings. The van der Waals surface area contributed by atoms with E-state index in [0.717, 1.165) is 0 Å². The Morgan fingerprint density at radius 1 is 1.09 bits per heavy atom. The maximum absolute atomic E-state index is 13.1. The molecule has 10 heteroatoms. The second-order valence-corrected chi connectivity index (χ2v) is 9.73. The molecule has 0 bridgehead atoms. The molecule has 9 nitrogen and oxygen atoms in total. The van der Waals surface area contributed by atoms with Crippen LogP contribution < -0.4 is 15.4 Å². The molecule has 0 radical (unpaired) electrons. The van der Waals surface area contributed by atoms with Gasteiger partial charge in [-0.3, -0.25) is 9.59 Å². The van der Waals surface area contributed by atoms with E-state index in [1.165, 1.54) is 28.6 Å². The topological polar surface area (TPSA) is 114 Å². The van der Waals surface area contributed by atoms with Crippen molar-refractivity contribution in [3.8, 4) is 5.75 Å². The molecule has 2 aromatic carbocycles. The number of carbonyl (C=O) groups is 2. The van der Waals surface area contributed by atoms with E-state index >= 15 is 0 Å². The predicted molar refractivity (Wildman–Crippen MR) is 124 cm³/mol. The number of amides is 2. The molecule has 33 heavy (non-hydrogen) atoms. The highest BCUT2D eigenvalue weighted by molar-refractivity contribution is 7.89. The van der Waals surface area contributed by atoms with Crippen molar-refractivity contribution < 1.29 is 27.5 Å². The fourth-order valence-corrected chi connectivity index (χ4v) is 5.18. The Balaban J connectivity index is 1.60. The van der Waals surface area contributed by atoms with Gasteiger partial charge in [-0.2, -0.15) is 4.31 Å².